The Bertz CT molecular complexity index is 521. The second-order valence-electron chi connectivity index (χ2n) is 9.48. The summed E-state index contributed by atoms with van der Waals surface area (Å²) in [6.07, 6.45) is 21.8. The van der Waals surface area contributed by atoms with E-state index in [9.17, 15) is 0 Å². The van der Waals surface area contributed by atoms with Crippen molar-refractivity contribution < 1.29 is 28.4 Å². The first-order valence-corrected chi connectivity index (χ1v) is 13.2. The highest BCUT2D eigenvalue weighted by molar-refractivity contribution is 4.94. The van der Waals surface area contributed by atoms with Gasteiger partial charge in [0.05, 0.1) is 36.6 Å². The average molecular weight is 469 g/mol. The van der Waals surface area contributed by atoms with Crippen LogP contribution in [-0.2, 0) is 28.4 Å². The first kappa shape index (κ1) is 28.6. The zero-order valence-corrected chi connectivity index (χ0v) is 21.3. The van der Waals surface area contributed by atoms with Crippen molar-refractivity contribution in [3.05, 3.63) is 0 Å². The van der Waals surface area contributed by atoms with Crippen LogP contribution in [0.15, 0.2) is 0 Å². The van der Waals surface area contributed by atoms with Crippen LogP contribution in [0.1, 0.15) is 96.8 Å². The third-order valence-electron chi connectivity index (χ3n) is 6.88. The Morgan fingerprint density at radius 2 is 1.27 bits per heavy atom. The fourth-order valence-electron chi connectivity index (χ4n) is 5.05. The van der Waals surface area contributed by atoms with Crippen LogP contribution in [-0.4, -0.2) is 64.4 Å². The molecule has 0 aromatic heterocycles. The van der Waals surface area contributed by atoms with Gasteiger partial charge in [-0.1, -0.05) is 58.3 Å². The Labute approximate surface area is 202 Å². The maximum absolute atomic E-state index is 6.48. The highest BCUT2D eigenvalue weighted by Gasteiger charge is 2.41. The standard InChI is InChI=1S/C27H48O6/c1-5-7-8-9-10-11-12-13-15-23(31-21-29-4)25-17-19-27(33-25)26-18-16-24(32-26)22(14-6-2)30-20-28-3/h2,22-27H,5,7-21H2,1,3-4H3/t22-,23-,24-,25-,26-,27+/m1/s1. The zero-order valence-electron chi connectivity index (χ0n) is 21.3. The molecular formula is C27H48O6. The normalized spacial score (nSPS) is 27.0. The van der Waals surface area contributed by atoms with E-state index in [1.807, 2.05) is 0 Å². The van der Waals surface area contributed by atoms with E-state index in [1.54, 1.807) is 14.2 Å². The van der Waals surface area contributed by atoms with E-state index >= 15 is 0 Å². The molecule has 6 nitrogen and oxygen atoms in total. The van der Waals surface area contributed by atoms with Crippen molar-refractivity contribution in [3.8, 4) is 12.3 Å². The summed E-state index contributed by atoms with van der Waals surface area (Å²) in [4.78, 5) is 0. The van der Waals surface area contributed by atoms with Gasteiger partial charge in [0, 0.05) is 20.6 Å². The topological polar surface area (TPSA) is 55.4 Å². The van der Waals surface area contributed by atoms with E-state index in [1.165, 1.54) is 51.4 Å². The summed E-state index contributed by atoms with van der Waals surface area (Å²) in [5.74, 6) is 2.70. The van der Waals surface area contributed by atoms with Crippen LogP contribution < -0.4 is 0 Å². The van der Waals surface area contributed by atoms with Crippen LogP contribution in [0.3, 0.4) is 0 Å². The molecule has 6 heteroatoms. The summed E-state index contributed by atoms with van der Waals surface area (Å²) in [5.41, 5.74) is 0. The average Bonchev–Trinajstić information content (AvgIpc) is 3.50. The third-order valence-corrected chi connectivity index (χ3v) is 6.88. The van der Waals surface area contributed by atoms with E-state index in [4.69, 9.17) is 34.8 Å². The highest BCUT2D eigenvalue weighted by atomic mass is 16.7. The molecule has 2 rings (SSSR count). The molecule has 2 aliphatic rings. The van der Waals surface area contributed by atoms with Gasteiger partial charge in [0.1, 0.15) is 13.6 Å². The van der Waals surface area contributed by atoms with Crippen molar-refractivity contribution in [2.24, 2.45) is 0 Å². The Morgan fingerprint density at radius 1 is 0.758 bits per heavy atom. The number of hydrogen-bond donors (Lipinski definition) is 0. The van der Waals surface area contributed by atoms with Crippen LogP contribution in [0, 0.1) is 12.3 Å². The summed E-state index contributed by atoms with van der Waals surface area (Å²) in [6.45, 7) is 2.81. The maximum Gasteiger partial charge on any atom is 0.146 e. The van der Waals surface area contributed by atoms with Crippen molar-refractivity contribution in [1.29, 1.82) is 0 Å². The summed E-state index contributed by atoms with van der Waals surface area (Å²) < 4.78 is 34.9. The molecule has 0 radical (unpaired) electrons. The highest BCUT2D eigenvalue weighted by Crippen LogP contribution is 2.35. The van der Waals surface area contributed by atoms with Gasteiger partial charge in [0.2, 0.25) is 0 Å². The molecule has 0 N–H and O–H groups in total. The molecule has 2 heterocycles. The number of rotatable bonds is 19. The summed E-state index contributed by atoms with van der Waals surface area (Å²) in [7, 11) is 3.30. The van der Waals surface area contributed by atoms with Crippen LogP contribution in [0.25, 0.3) is 0 Å². The molecule has 0 spiro atoms. The van der Waals surface area contributed by atoms with Crippen molar-refractivity contribution in [1.82, 2.24) is 0 Å². The number of methoxy groups -OCH3 is 2. The Hall–Kier alpha value is -0.680. The minimum Gasteiger partial charge on any atom is -0.370 e. The Kier molecular flexibility index (Phi) is 15.3. The largest absolute Gasteiger partial charge is 0.370 e. The monoisotopic (exact) mass is 468 g/mol. The van der Waals surface area contributed by atoms with Crippen LogP contribution in [0.2, 0.25) is 0 Å². The second kappa shape index (κ2) is 17.7. The van der Waals surface area contributed by atoms with Gasteiger partial charge in [-0.25, -0.2) is 0 Å². The van der Waals surface area contributed by atoms with Crippen molar-refractivity contribution in [2.75, 3.05) is 27.8 Å². The van der Waals surface area contributed by atoms with Gasteiger partial charge < -0.3 is 28.4 Å². The summed E-state index contributed by atoms with van der Waals surface area (Å²) >= 11 is 0. The van der Waals surface area contributed by atoms with Crippen LogP contribution in [0.4, 0.5) is 0 Å². The molecule has 33 heavy (non-hydrogen) atoms. The lowest BCUT2D eigenvalue weighted by atomic mass is 10.0. The van der Waals surface area contributed by atoms with Gasteiger partial charge >= 0.3 is 0 Å². The molecule has 2 aliphatic heterocycles. The fraction of sp³-hybridized carbons (Fsp3) is 0.926. The van der Waals surface area contributed by atoms with E-state index in [2.05, 4.69) is 12.8 Å². The van der Waals surface area contributed by atoms with Gasteiger partial charge in [-0.3, -0.25) is 0 Å². The van der Waals surface area contributed by atoms with E-state index < -0.39 is 0 Å². The molecule has 2 fully saturated rings. The third kappa shape index (κ3) is 10.6. The van der Waals surface area contributed by atoms with Crippen molar-refractivity contribution in [2.45, 2.75) is 133 Å². The molecule has 0 bridgehead atoms. The molecule has 6 atom stereocenters. The SMILES string of the molecule is C#CC[C@@H](OCOC)[C@H]1CC[C@H]([C@@H]2CC[C@H]([C@@H](CCCCCCCCCC)OCOC)O2)O1. The lowest BCUT2D eigenvalue weighted by Gasteiger charge is -2.27. The Balaban J connectivity index is 1.74. The molecule has 0 unspecified atom stereocenters. The van der Waals surface area contributed by atoms with E-state index in [-0.39, 0.29) is 43.4 Å². The number of terminal acetylenes is 1. The Morgan fingerprint density at radius 3 is 1.82 bits per heavy atom. The summed E-state index contributed by atoms with van der Waals surface area (Å²) in [6, 6.07) is 0. The lowest BCUT2D eigenvalue weighted by molar-refractivity contribution is -0.156. The molecular weight excluding hydrogens is 420 g/mol. The molecule has 0 aliphatic carbocycles. The second-order valence-corrected chi connectivity index (χ2v) is 9.48. The van der Waals surface area contributed by atoms with E-state index in [0.717, 1.165) is 32.1 Å². The fourth-order valence-corrected chi connectivity index (χ4v) is 5.05. The van der Waals surface area contributed by atoms with Gasteiger partial charge in [-0.2, -0.15) is 0 Å². The van der Waals surface area contributed by atoms with Gasteiger partial charge in [0.15, 0.2) is 0 Å². The zero-order chi connectivity index (χ0) is 23.7. The maximum atomic E-state index is 6.48. The lowest BCUT2D eigenvalue weighted by Crippen LogP contribution is -2.35. The number of hydrogen-bond acceptors (Lipinski definition) is 6. The first-order valence-electron chi connectivity index (χ1n) is 13.2. The molecule has 0 aromatic carbocycles. The summed E-state index contributed by atoms with van der Waals surface area (Å²) in [5, 5.41) is 0. The molecule has 0 saturated carbocycles. The predicted octanol–water partition coefficient (Wildman–Crippen LogP) is 5.61. The van der Waals surface area contributed by atoms with Gasteiger partial charge in [0.25, 0.3) is 0 Å². The minimum absolute atomic E-state index is 0.00159. The molecule has 192 valence electrons. The quantitative estimate of drug-likeness (QED) is 0.139. The molecule has 0 amide bonds. The van der Waals surface area contributed by atoms with E-state index in [0.29, 0.717) is 13.2 Å². The predicted molar refractivity (Wildman–Crippen MR) is 130 cm³/mol. The van der Waals surface area contributed by atoms with Crippen LogP contribution in [0.5, 0.6) is 0 Å². The first-order chi connectivity index (χ1) is 16.2. The number of unbranched alkanes of at least 4 members (excludes halogenated alkanes) is 7. The molecule has 0 aromatic rings. The number of ether oxygens (including phenoxy) is 6. The molecule has 2 saturated heterocycles. The van der Waals surface area contributed by atoms with Gasteiger partial charge in [-0.15, -0.1) is 12.3 Å². The minimum atomic E-state index is -0.128. The van der Waals surface area contributed by atoms with Gasteiger partial charge in [-0.05, 0) is 32.1 Å². The van der Waals surface area contributed by atoms with Crippen molar-refractivity contribution >= 4 is 0 Å². The smallest absolute Gasteiger partial charge is 0.146 e. The van der Waals surface area contributed by atoms with Crippen LogP contribution >= 0.6 is 0 Å². The van der Waals surface area contributed by atoms with Crippen molar-refractivity contribution in [3.63, 3.8) is 0 Å².